The molecule has 1 aromatic rings. The standard InChI is InChI=1S/C9H11OSi/c1-2-5-9(6-3-1)11-8-4-7-10-11/h1-3,5-6H,4,7-8H2/q+1. The molecule has 0 unspecified atom stereocenters. The molecule has 0 bridgehead atoms. The molecule has 0 amide bonds. The van der Waals surface area contributed by atoms with E-state index in [9.17, 15) is 0 Å². The number of hydrogen-bond donors (Lipinski definition) is 0. The van der Waals surface area contributed by atoms with Gasteiger partial charge in [-0.25, -0.2) is 4.43 Å². The predicted molar refractivity (Wildman–Crippen MR) is 47.2 cm³/mol. The van der Waals surface area contributed by atoms with E-state index >= 15 is 0 Å². The fourth-order valence-corrected chi connectivity index (χ4v) is 3.37. The largest absolute Gasteiger partial charge is 0.511 e. The fraction of sp³-hybridized carbons (Fsp3) is 0.333. The number of hydrogen-bond acceptors (Lipinski definition) is 1. The van der Waals surface area contributed by atoms with Crippen LogP contribution in [0.2, 0.25) is 6.04 Å². The van der Waals surface area contributed by atoms with Crippen LogP contribution < -0.4 is 5.19 Å². The molecule has 0 atom stereocenters. The summed E-state index contributed by atoms with van der Waals surface area (Å²) in [6.07, 6.45) is 1.25. The molecule has 1 nitrogen and oxygen atoms in total. The third kappa shape index (κ3) is 1.52. The van der Waals surface area contributed by atoms with E-state index in [1.165, 1.54) is 17.7 Å². The van der Waals surface area contributed by atoms with Crippen molar-refractivity contribution in [2.75, 3.05) is 6.61 Å². The first-order valence-corrected chi connectivity index (χ1v) is 5.62. The van der Waals surface area contributed by atoms with Crippen LogP contribution in [-0.4, -0.2) is 15.6 Å². The van der Waals surface area contributed by atoms with Gasteiger partial charge in [-0.2, -0.15) is 0 Å². The molecule has 1 fully saturated rings. The summed E-state index contributed by atoms with van der Waals surface area (Å²) in [5.41, 5.74) is 0. The first-order chi connectivity index (χ1) is 5.47. The van der Waals surface area contributed by atoms with Gasteiger partial charge in [0.15, 0.2) is 0 Å². The molecule has 56 valence electrons. The second-order valence-electron chi connectivity index (χ2n) is 2.74. The van der Waals surface area contributed by atoms with E-state index < -0.39 is 9.04 Å². The quantitative estimate of drug-likeness (QED) is 0.567. The van der Waals surface area contributed by atoms with Gasteiger partial charge in [-0.15, -0.1) is 0 Å². The van der Waals surface area contributed by atoms with Crippen molar-refractivity contribution in [3.63, 3.8) is 0 Å². The maximum atomic E-state index is 5.64. The van der Waals surface area contributed by atoms with Crippen molar-refractivity contribution in [2.24, 2.45) is 0 Å². The maximum absolute atomic E-state index is 5.64. The zero-order valence-electron chi connectivity index (χ0n) is 6.42. The van der Waals surface area contributed by atoms with Gasteiger partial charge in [-0.1, -0.05) is 18.2 Å². The van der Waals surface area contributed by atoms with Crippen molar-refractivity contribution in [3.05, 3.63) is 30.3 Å². The zero-order valence-corrected chi connectivity index (χ0v) is 7.42. The third-order valence-corrected chi connectivity index (χ3v) is 4.26. The Morgan fingerprint density at radius 3 is 2.64 bits per heavy atom. The van der Waals surface area contributed by atoms with Gasteiger partial charge in [0.1, 0.15) is 5.19 Å². The van der Waals surface area contributed by atoms with Crippen molar-refractivity contribution in [1.29, 1.82) is 0 Å². The van der Waals surface area contributed by atoms with Gasteiger partial charge in [0.2, 0.25) is 0 Å². The summed E-state index contributed by atoms with van der Waals surface area (Å²) in [5, 5.41) is 1.43. The van der Waals surface area contributed by atoms with Crippen LogP contribution in [0.4, 0.5) is 0 Å². The molecule has 11 heavy (non-hydrogen) atoms. The van der Waals surface area contributed by atoms with E-state index in [1.54, 1.807) is 0 Å². The first kappa shape index (κ1) is 7.07. The molecule has 0 aromatic heterocycles. The van der Waals surface area contributed by atoms with E-state index in [4.69, 9.17) is 4.43 Å². The van der Waals surface area contributed by atoms with Gasteiger partial charge < -0.3 is 0 Å². The van der Waals surface area contributed by atoms with E-state index in [2.05, 4.69) is 30.3 Å². The maximum Gasteiger partial charge on any atom is 0.511 e. The van der Waals surface area contributed by atoms with Crippen LogP contribution in [0, 0.1) is 0 Å². The molecule has 1 saturated heterocycles. The van der Waals surface area contributed by atoms with Crippen LogP contribution in [0.5, 0.6) is 0 Å². The van der Waals surface area contributed by atoms with Crippen LogP contribution in [0.3, 0.4) is 0 Å². The molecule has 0 saturated carbocycles. The number of benzene rings is 1. The lowest BCUT2D eigenvalue weighted by Gasteiger charge is -1.89. The predicted octanol–water partition coefficient (Wildman–Crippen LogP) is 1.31. The summed E-state index contributed by atoms with van der Waals surface area (Å²) in [5.74, 6) is 0. The first-order valence-electron chi connectivity index (χ1n) is 4.01. The average molecular weight is 163 g/mol. The molecule has 0 N–H and O–H groups in total. The molecular formula is C9H11OSi+. The van der Waals surface area contributed by atoms with Gasteiger partial charge in [-0.3, -0.25) is 0 Å². The summed E-state index contributed by atoms with van der Waals surface area (Å²) in [6, 6.07) is 11.9. The Morgan fingerprint density at radius 1 is 1.18 bits per heavy atom. The molecule has 2 rings (SSSR count). The van der Waals surface area contributed by atoms with E-state index in [1.807, 2.05) is 0 Å². The SMILES string of the molecule is c1ccc([Si+]2CCCO2)cc1. The minimum atomic E-state index is -0.590. The summed E-state index contributed by atoms with van der Waals surface area (Å²) >= 11 is 0. The molecule has 1 aromatic carbocycles. The lowest BCUT2D eigenvalue weighted by molar-refractivity contribution is 0.366. The smallest absolute Gasteiger partial charge is 0.224 e. The van der Waals surface area contributed by atoms with Gasteiger partial charge in [0.25, 0.3) is 0 Å². The van der Waals surface area contributed by atoms with Crippen LogP contribution >= 0.6 is 0 Å². The molecular weight excluding hydrogens is 152 g/mol. The highest BCUT2D eigenvalue weighted by Crippen LogP contribution is 2.09. The van der Waals surface area contributed by atoms with Crippen LogP contribution in [0.15, 0.2) is 30.3 Å². The van der Waals surface area contributed by atoms with Crippen LogP contribution in [0.25, 0.3) is 0 Å². The summed E-state index contributed by atoms with van der Waals surface area (Å²) in [6.45, 7) is 0.975. The highest BCUT2D eigenvalue weighted by Gasteiger charge is 2.36. The Bertz CT molecular complexity index is 216. The van der Waals surface area contributed by atoms with E-state index in [0.717, 1.165) is 6.61 Å². The van der Waals surface area contributed by atoms with Gasteiger partial charge in [-0.05, 0) is 12.1 Å². The normalized spacial score (nSPS) is 17.3. The third-order valence-electron chi connectivity index (χ3n) is 1.92. The Kier molecular flexibility index (Phi) is 2.05. The van der Waals surface area contributed by atoms with Gasteiger partial charge in [0.05, 0.1) is 12.7 Å². The van der Waals surface area contributed by atoms with E-state index in [0.29, 0.717) is 0 Å². The van der Waals surface area contributed by atoms with Gasteiger partial charge in [0, 0.05) is 6.42 Å². The molecule has 0 aliphatic carbocycles. The Hall–Kier alpha value is -0.603. The molecule has 1 aliphatic heterocycles. The average Bonchev–Trinajstić information content (AvgIpc) is 2.58. The Labute approximate surface area is 68.7 Å². The summed E-state index contributed by atoms with van der Waals surface area (Å²) in [7, 11) is -0.590. The van der Waals surface area contributed by atoms with Crippen molar-refractivity contribution >= 4 is 14.2 Å². The van der Waals surface area contributed by atoms with Gasteiger partial charge >= 0.3 is 9.04 Å². The lowest BCUT2D eigenvalue weighted by Crippen LogP contribution is -2.28. The summed E-state index contributed by atoms with van der Waals surface area (Å²) < 4.78 is 5.64. The molecule has 0 radical (unpaired) electrons. The molecule has 1 heterocycles. The summed E-state index contributed by atoms with van der Waals surface area (Å²) in [4.78, 5) is 0. The van der Waals surface area contributed by atoms with Crippen LogP contribution in [0.1, 0.15) is 6.42 Å². The minimum absolute atomic E-state index is 0.590. The fourth-order valence-electron chi connectivity index (χ4n) is 1.35. The van der Waals surface area contributed by atoms with E-state index in [-0.39, 0.29) is 0 Å². The van der Waals surface area contributed by atoms with Crippen molar-refractivity contribution in [1.82, 2.24) is 0 Å². The second kappa shape index (κ2) is 3.20. The molecule has 0 spiro atoms. The van der Waals surface area contributed by atoms with Crippen molar-refractivity contribution < 1.29 is 4.43 Å². The lowest BCUT2D eigenvalue weighted by atomic mass is 10.4. The Balaban J connectivity index is 2.16. The molecule has 1 aliphatic rings. The van der Waals surface area contributed by atoms with Crippen molar-refractivity contribution in [2.45, 2.75) is 12.5 Å². The minimum Gasteiger partial charge on any atom is -0.224 e. The van der Waals surface area contributed by atoms with Crippen LogP contribution in [-0.2, 0) is 4.43 Å². The highest BCUT2D eigenvalue weighted by atomic mass is 28.3. The molecule has 2 heteroatoms. The number of rotatable bonds is 1. The zero-order chi connectivity index (χ0) is 7.52. The second-order valence-corrected chi connectivity index (χ2v) is 4.95. The Morgan fingerprint density at radius 2 is 2.00 bits per heavy atom. The monoisotopic (exact) mass is 163 g/mol. The van der Waals surface area contributed by atoms with Crippen molar-refractivity contribution in [3.8, 4) is 0 Å². The topological polar surface area (TPSA) is 9.23 Å². The highest BCUT2D eigenvalue weighted by molar-refractivity contribution is 6.67.